The predicted molar refractivity (Wildman–Crippen MR) is 122 cm³/mol. The third-order valence-electron chi connectivity index (χ3n) is 6.21. The van der Waals surface area contributed by atoms with Gasteiger partial charge in [0.25, 0.3) is 5.91 Å². The molecule has 3 heterocycles. The molecule has 172 valence electrons. The van der Waals surface area contributed by atoms with Crippen molar-refractivity contribution >= 4 is 27.5 Å². The van der Waals surface area contributed by atoms with Crippen LogP contribution in [0.1, 0.15) is 48.2 Å². The van der Waals surface area contributed by atoms with Gasteiger partial charge >= 0.3 is 0 Å². The van der Waals surface area contributed by atoms with Crippen LogP contribution in [0.2, 0.25) is 0 Å². The minimum atomic E-state index is -3.80. The van der Waals surface area contributed by atoms with E-state index in [1.54, 1.807) is 4.90 Å². The van der Waals surface area contributed by atoms with Crippen molar-refractivity contribution in [2.75, 3.05) is 31.5 Å². The highest BCUT2D eigenvalue weighted by molar-refractivity contribution is 7.89. The molecule has 0 bridgehead atoms. The number of nitrogens with zero attached hydrogens (tertiary/aromatic N) is 2. The van der Waals surface area contributed by atoms with E-state index in [0.717, 1.165) is 24.8 Å². The second-order valence-electron chi connectivity index (χ2n) is 8.66. The van der Waals surface area contributed by atoms with Crippen molar-refractivity contribution in [3.63, 3.8) is 0 Å². The summed E-state index contributed by atoms with van der Waals surface area (Å²) in [5.41, 5.74) is 2.04. The minimum Gasteiger partial charge on any atom is -0.356 e. The fraction of sp³-hybridized carbons (Fsp3) is 0.478. The molecule has 1 aromatic carbocycles. The molecule has 2 saturated heterocycles. The van der Waals surface area contributed by atoms with Crippen molar-refractivity contribution < 1.29 is 18.0 Å². The van der Waals surface area contributed by atoms with Crippen LogP contribution in [-0.2, 0) is 14.8 Å². The number of aromatic amines is 1. The number of anilines is 1. The normalized spacial score (nSPS) is 20.2. The van der Waals surface area contributed by atoms with E-state index < -0.39 is 15.9 Å². The molecule has 1 aromatic heterocycles. The van der Waals surface area contributed by atoms with Crippen LogP contribution >= 0.6 is 0 Å². The molecule has 0 saturated carbocycles. The molecule has 0 radical (unpaired) electrons. The number of aromatic nitrogens is 1. The van der Waals surface area contributed by atoms with Crippen molar-refractivity contribution in [3.8, 4) is 0 Å². The lowest BCUT2D eigenvalue weighted by atomic mass is 9.98. The van der Waals surface area contributed by atoms with Crippen LogP contribution in [0.25, 0.3) is 0 Å². The Hall–Kier alpha value is -2.65. The number of sulfonamides is 1. The van der Waals surface area contributed by atoms with E-state index in [1.807, 2.05) is 31.2 Å². The van der Waals surface area contributed by atoms with E-state index in [0.29, 0.717) is 38.2 Å². The van der Waals surface area contributed by atoms with Crippen LogP contribution in [-0.4, -0.2) is 60.6 Å². The van der Waals surface area contributed by atoms with Crippen molar-refractivity contribution in [2.24, 2.45) is 5.92 Å². The van der Waals surface area contributed by atoms with E-state index in [-0.39, 0.29) is 28.9 Å². The van der Waals surface area contributed by atoms with Gasteiger partial charge in [0, 0.05) is 38.1 Å². The Morgan fingerprint density at radius 2 is 1.84 bits per heavy atom. The van der Waals surface area contributed by atoms with Crippen LogP contribution in [0.5, 0.6) is 0 Å². The largest absolute Gasteiger partial charge is 0.356 e. The molecule has 4 rings (SSSR count). The first kappa shape index (κ1) is 22.5. The monoisotopic (exact) mass is 458 g/mol. The van der Waals surface area contributed by atoms with E-state index in [1.165, 1.54) is 16.6 Å². The molecule has 2 aromatic rings. The standard InChI is InChI=1S/C23H30N4O4S/c1-17-7-5-9-19(13-17)25-22(28)18-8-6-12-27(16-18)32(30,31)20-14-21(24-15-20)23(29)26-10-3-2-4-11-26/h5,7,9,13-15,18,24H,2-4,6,8,10-12,16H2,1H3,(H,25,28). The molecule has 1 unspecified atom stereocenters. The maximum absolute atomic E-state index is 13.2. The summed E-state index contributed by atoms with van der Waals surface area (Å²) < 4.78 is 27.8. The Morgan fingerprint density at radius 3 is 2.59 bits per heavy atom. The highest BCUT2D eigenvalue weighted by atomic mass is 32.2. The van der Waals surface area contributed by atoms with Gasteiger partial charge in [-0.1, -0.05) is 12.1 Å². The number of carbonyl (C=O) groups excluding carboxylic acids is 2. The fourth-order valence-corrected chi connectivity index (χ4v) is 5.92. The van der Waals surface area contributed by atoms with Gasteiger partial charge in [-0.25, -0.2) is 8.42 Å². The molecule has 0 spiro atoms. The van der Waals surface area contributed by atoms with Crippen molar-refractivity contribution in [3.05, 3.63) is 47.8 Å². The van der Waals surface area contributed by atoms with Gasteiger partial charge in [0.05, 0.1) is 5.92 Å². The lowest BCUT2D eigenvalue weighted by molar-refractivity contribution is -0.120. The Morgan fingerprint density at radius 1 is 1.06 bits per heavy atom. The smallest absolute Gasteiger partial charge is 0.270 e. The van der Waals surface area contributed by atoms with E-state index in [2.05, 4.69) is 10.3 Å². The molecule has 2 fully saturated rings. The topological polar surface area (TPSA) is 103 Å². The predicted octanol–water partition coefficient (Wildman–Crippen LogP) is 2.99. The highest BCUT2D eigenvalue weighted by Gasteiger charge is 2.34. The maximum Gasteiger partial charge on any atom is 0.270 e. The first-order chi connectivity index (χ1) is 15.3. The average Bonchev–Trinajstić information content (AvgIpc) is 3.30. The summed E-state index contributed by atoms with van der Waals surface area (Å²) in [6, 6.07) is 8.95. The minimum absolute atomic E-state index is 0.0672. The number of piperidine rings is 2. The van der Waals surface area contributed by atoms with Gasteiger partial charge in [-0.15, -0.1) is 0 Å². The first-order valence-electron chi connectivity index (χ1n) is 11.2. The van der Waals surface area contributed by atoms with Crippen LogP contribution in [0.3, 0.4) is 0 Å². The Kier molecular flexibility index (Phi) is 6.66. The average molecular weight is 459 g/mol. The van der Waals surface area contributed by atoms with Gasteiger partial charge in [-0.2, -0.15) is 4.31 Å². The number of carbonyl (C=O) groups is 2. The summed E-state index contributed by atoms with van der Waals surface area (Å²) in [6.45, 7) is 3.83. The van der Waals surface area contributed by atoms with E-state index in [9.17, 15) is 18.0 Å². The summed E-state index contributed by atoms with van der Waals surface area (Å²) in [6.07, 6.45) is 5.67. The summed E-state index contributed by atoms with van der Waals surface area (Å²) in [4.78, 5) is 30.1. The van der Waals surface area contributed by atoms with E-state index in [4.69, 9.17) is 0 Å². The zero-order valence-electron chi connectivity index (χ0n) is 18.3. The number of rotatable bonds is 5. The molecule has 9 heteroatoms. The van der Waals surface area contributed by atoms with Crippen LogP contribution < -0.4 is 5.32 Å². The highest BCUT2D eigenvalue weighted by Crippen LogP contribution is 2.26. The van der Waals surface area contributed by atoms with Crippen molar-refractivity contribution in [1.29, 1.82) is 0 Å². The number of H-pyrrole nitrogens is 1. The van der Waals surface area contributed by atoms with Crippen molar-refractivity contribution in [2.45, 2.75) is 43.9 Å². The van der Waals surface area contributed by atoms with Gasteiger partial charge in [-0.3, -0.25) is 9.59 Å². The third kappa shape index (κ3) is 4.88. The molecule has 0 aliphatic carbocycles. The van der Waals surface area contributed by atoms with Crippen LogP contribution in [0, 0.1) is 12.8 Å². The quantitative estimate of drug-likeness (QED) is 0.719. The summed E-state index contributed by atoms with van der Waals surface area (Å²) in [7, 11) is -3.80. The van der Waals surface area contributed by atoms with Crippen molar-refractivity contribution in [1.82, 2.24) is 14.2 Å². The Bertz CT molecular complexity index is 1090. The van der Waals surface area contributed by atoms with Gasteiger partial charge < -0.3 is 15.2 Å². The van der Waals surface area contributed by atoms with Crippen LogP contribution in [0.4, 0.5) is 5.69 Å². The second kappa shape index (κ2) is 9.46. The zero-order valence-corrected chi connectivity index (χ0v) is 19.2. The van der Waals surface area contributed by atoms with Crippen LogP contribution in [0.15, 0.2) is 41.4 Å². The SMILES string of the molecule is Cc1cccc(NC(=O)C2CCCN(S(=O)(=O)c3c[nH]c(C(=O)N4CCCCC4)c3)C2)c1. The number of amides is 2. The number of nitrogens with one attached hydrogen (secondary N) is 2. The number of hydrogen-bond donors (Lipinski definition) is 2. The first-order valence-corrected chi connectivity index (χ1v) is 12.6. The molecule has 1 atom stereocenters. The van der Waals surface area contributed by atoms with Gasteiger partial charge in [0.2, 0.25) is 15.9 Å². The number of benzene rings is 1. The Labute approximate surface area is 189 Å². The fourth-order valence-electron chi connectivity index (χ4n) is 4.41. The van der Waals surface area contributed by atoms with E-state index >= 15 is 0 Å². The molecule has 2 amide bonds. The van der Waals surface area contributed by atoms with Gasteiger partial charge in [-0.05, 0) is 62.8 Å². The molecule has 8 nitrogen and oxygen atoms in total. The number of aryl methyl sites for hydroxylation is 1. The number of hydrogen-bond acceptors (Lipinski definition) is 4. The molecule has 32 heavy (non-hydrogen) atoms. The molecular weight excluding hydrogens is 428 g/mol. The molecular formula is C23H30N4O4S. The summed E-state index contributed by atoms with van der Waals surface area (Å²) in [5, 5.41) is 2.90. The third-order valence-corrected chi connectivity index (χ3v) is 8.05. The van der Waals surface area contributed by atoms with Gasteiger partial charge in [0.1, 0.15) is 10.6 Å². The summed E-state index contributed by atoms with van der Waals surface area (Å²) in [5.74, 6) is -0.766. The molecule has 2 aliphatic heterocycles. The molecule has 2 N–H and O–H groups in total. The Balaban J connectivity index is 1.44. The molecule has 2 aliphatic rings. The lowest BCUT2D eigenvalue weighted by Gasteiger charge is -2.31. The maximum atomic E-state index is 13.2. The van der Waals surface area contributed by atoms with Gasteiger partial charge in [0.15, 0.2) is 0 Å². The zero-order chi connectivity index (χ0) is 22.7. The lowest BCUT2D eigenvalue weighted by Crippen LogP contribution is -2.43. The second-order valence-corrected chi connectivity index (χ2v) is 10.6. The number of likely N-dealkylation sites (tertiary alicyclic amines) is 1. The summed E-state index contributed by atoms with van der Waals surface area (Å²) >= 11 is 0.